The van der Waals surface area contributed by atoms with Crippen LogP contribution in [0.1, 0.15) is 52.0 Å². The first kappa shape index (κ1) is 22.8. The molecule has 32 heavy (non-hydrogen) atoms. The summed E-state index contributed by atoms with van der Waals surface area (Å²) in [7, 11) is 0. The first-order chi connectivity index (χ1) is 15.6. The fraction of sp³-hybridized carbons (Fsp3) is 0.480. The van der Waals surface area contributed by atoms with Crippen LogP contribution in [0.4, 0.5) is 0 Å². The lowest BCUT2D eigenvalue weighted by molar-refractivity contribution is -0.122. The number of rotatable bonds is 6. The molecule has 6 nitrogen and oxygen atoms in total. The maximum Gasteiger partial charge on any atom is 0.255 e. The van der Waals surface area contributed by atoms with Gasteiger partial charge < -0.3 is 10.2 Å². The van der Waals surface area contributed by atoms with Crippen LogP contribution in [-0.4, -0.2) is 59.0 Å². The second-order valence-corrected chi connectivity index (χ2v) is 9.46. The molecule has 0 radical (unpaired) electrons. The number of benzene rings is 1. The number of aryl methyl sites for hydroxylation is 1. The number of hydrogen-bond donors (Lipinski definition) is 1. The molecule has 0 bridgehead atoms. The van der Waals surface area contributed by atoms with E-state index in [0.29, 0.717) is 26.2 Å². The third kappa shape index (κ3) is 5.15. The predicted molar refractivity (Wildman–Crippen MR) is 128 cm³/mol. The molecule has 2 aliphatic rings. The lowest BCUT2D eigenvalue weighted by Crippen LogP contribution is -2.40. The van der Waals surface area contributed by atoms with Gasteiger partial charge in [-0.1, -0.05) is 18.6 Å². The van der Waals surface area contributed by atoms with Crippen molar-refractivity contribution >= 4 is 23.6 Å². The van der Waals surface area contributed by atoms with Crippen molar-refractivity contribution in [2.75, 3.05) is 32.4 Å². The molecule has 4 rings (SSSR count). The Balaban J connectivity index is 1.43. The zero-order chi connectivity index (χ0) is 22.5. The van der Waals surface area contributed by atoms with E-state index in [1.807, 2.05) is 48.5 Å². The standard InChI is InChI=1S/C25H32N4O2S/c1-18-22(15-27-24(30)17-28-11-6-3-7-12-28)20-10-13-29(16-19(20)14-26-18)25(31)21-8-4-5-9-23(21)32-2/h4-5,8-9,14H,3,6-7,10-13,15-17H2,1-2H3,(H,27,30). The maximum absolute atomic E-state index is 13.2. The van der Waals surface area contributed by atoms with Crippen molar-refractivity contribution in [1.29, 1.82) is 0 Å². The number of fused-ring (bicyclic) bond motifs is 1. The van der Waals surface area contributed by atoms with Crippen molar-refractivity contribution in [2.24, 2.45) is 0 Å². The molecule has 0 aliphatic carbocycles. The van der Waals surface area contributed by atoms with Crippen LogP contribution in [0.3, 0.4) is 0 Å². The lowest BCUT2D eigenvalue weighted by Gasteiger charge is -2.31. The molecule has 0 unspecified atom stereocenters. The molecule has 1 N–H and O–H groups in total. The SMILES string of the molecule is CSc1ccccc1C(=O)N1CCc2c(cnc(C)c2CNC(=O)CN2CCCCC2)C1. The highest BCUT2D eigenvalue weighted by molar-refractivity contribution is 7.98. The van der Waals surface area contributed by atoms with Crippen LogP contribution in [0.25, 0.3) is 0 Å². The summed E-state index contributed by atoms with van der Waals surface area (Å²) in [5, 5.41) is 3.11. The first-order valence-electron chi connectivity index (χ1n) is 11.4. The van der Waals surface area contributed by atoms with Crippen molar-refractivity contribution in [3.63, 3.8) is 0 Å². The average molecular weight is 453 g/mol. The van der Waals surface area contributed by atoms with Crippen LogP contribution < -0.4 is 5.32 Å². The number of pyridine rings is 1. The summed E-state index contributed by atoms with van der Waals surface area (Å²) in [6.07, 6.45) is 8.29. The summed E-state index contributed by atoms with van der Waals surface area (Å²) >= 11 is 1.60. The molecule has 1 fully saturated rings. The van der Waals surface area contributed by atoms with Gasteiger partial charge >= 0.3 is 0 Å². The van der Waals surface area contributed by atoms with Crippen molar-refractivity contribution in [2.45, 2.75) is 50.6 Å². The van der Waals surface area contributed by atoms with Gasteiger partial charge in [0.2, 0.25) is 5.91 Å². The van der Waals surface area contributed by atoms with E-state index >= 15 is 0 Å². The van der Waals surface area contributed by atoms with E-state index in [1.54, 1.807) is 11.8 Å². The molecule has 2 amide bonds. The molecule has 2 aliphatic heterocycles. The molecular weight excluding hydrogens is 420 g/mol. The lowest BCUT2D eigenvalue weighted by atomic mass is 9.94. The Morgan fingerprint density at radius 2 is 1.91 bits per heavy atom. The van der Waals surface area contributed by atoms with E-state index in [9.17, 15) is 9.59 Å². The second-order valence-electron chi connectivity index (χ2n) is 8.62. The number of carbonyl (C=O) groups is 2. The van der Waals surface area contributed by atoms with Crippen LogP contribution in [-0.2, 0) is 24.3 Å². The Morgan fingerprint density at radius 1 is 1.12 bits per heavy atom. The second kappa shape index (κ2) is 10.5. The highest BCUT2D eigenvalue weighted by atomic mass is 32.2. The fourth-order valence-corrected chi connectivity index (χ4v) is 5.27. The summed E-state index contributed by atoms with van der Waals surface area (Å²) < 4.78 is 0. The Kier molecular flexibility index (Phi) is 7.48. The number of amides is 2. The number of thioether (sulfide) groups is 1. The molecule has 1 saturated heterocycles. The van der Waals surface area contributed by atoms with E-state index in [-0.39, 0.29) is 11.8 Å². The van der Waals surface area contributed by atoms with Crippen molar-refractivity contribution in [1.82, 2.24) is 20.1 Å². The summed E-state index contributed by atoms with van der Waals surface area (Å²) in [5.74, 6) is 0.141. The Morgan fingerprint density at radius 3 is 2.69 bits per heavy atom. The Labute approximate surface area is 194 Å². The van der Waals surface area contributed by atoms with Crippen molar-refractivity contribution < 1.29 is 9.59 Å². The smallest absolute Gasteiger partial charge is 0.255 e. The minimum Gasteiger partial charge on any atom is -0.351 e. The van der Waals surface area contributed by atoms with Gasteiger partial charge in [-0.15, -0.1) is 11.8 Å². The molecule has 2 aromatic rings. The van der Waals surface area contributed by atoms with E-state index in [1.165, 1.54) is 24.8 Å². The number of likely N-dealkylation sites (tertiary alicyclic amines) is 1. The average Bonchev–Trinajstić information content (AvgIpc) is 2.83. The van der Waals surface area contributed by atoms with Gasteiger partial charge in [0.25, 0.3) is 5.91 Å². The van der Waals surface area contributed by atoms with Crippen LogP contribution in [0.2, 0.25) is 0 Å². The molecule has 0 atom stereocenters. The minimum atomic E-state index is 0.0672. The van der Waals surface area contributed by atoms with E-state index in [0.717, 1.165) is 46.8 Å². The summed E-state index contributed by atoms with van der Waals surface area (Å²) in [5.41, 5.74) is 5.13. The number of aromatic nitrogens is 1. The number of nitrogens with one attached hydrogen (secondary N) is 1. The molecule has 1 aromatic heterocycles. The topological polar surface area (TPSA) is 65.5 Å². The minimum absolute atomic E-state index is 0.0672. The fourth-order valence-electron chi connectivity index (χ4n) is 4.69. The predicted octanol–water partition coefficient (Wildman–Crippen LogP) is 3.41. The highest BCUT2D eigenvalue weighted by Crippen LogP contribution is 2.27. The van der Waals surface area contributed by atoms with Crippen LogP contribution in [0, 0.1) is 6.92 Å². The summed E-state index contributed by atoms with van der Waals surface area (Å²) in [6, 6.07) is 7.78. The molecule has 7 heteroatoms. The molecule has 1 aromatic carbocycles. The van der Waals surface area contributed by atoms with Gasteiger partial charge in [0.1, 0.15) is 0 Å². The molecular formula is C25H32N4O2S. The largest absolute Gasteiger partial charge is 0.351 e. The third-order valence-electron chi connectivity index (χ3n) is 6.50. The van der Waals surface area contributed by atoms with Gasteiger partial charge in [-0.3, -0.25) is 19.5 Å². The van der Waals surface area contributed by atoms with Gasteiger partial charge in [-0.05, 0) is 74.4 Å². The van der Waals surface area contributed by atoms with Gasteiger partial charge in [-0.25, -0.2) is 0 Å². The van der Waals surface area contributed by atoms with E-state index in [4.69, 9.17) is 0 Å². The number of hydrogen-bond acceptors (Lipinski definition) is 5. The van der Waals surface area contributed by atoms with Gasteiger partial charge in [0.15, 0.2) is 0 Å². The number of nitrogens with zero attached hydrogens (tertiary/aromatic N) is 3. The Hall–Kier alpha value is -2.38. The molecule has 3 heterocycles. The molecule has 0 saturated carbocycles. The van der Waals surface area contributed by atoms with Gasteiger partial charge in [0.05, 0.1) is 12.1 Å². The van der Waals surface area contributed by atoms with E-state index < -0.39 is 0 Å². The van der Waals surface area contributed by atoms with Crippen LogP contribution in [0.15, 0.2) is 35.4 Å². The Bertz CT molecular complexity index is 988. The molecule has 0 spiro atoms. The molecule has 170 valence electrons. The quantitative estimate of drug-likeness (QED) is 0.681. The monoisotopic (exact) mass is 452 g/mol. The first-order valence-corrected chi connectivity index (χ1v) is 12.7. The van der Waals surface area contributed by atoms with Gasteiger partial charge in [0, 0.05) is 36.4 Å². The van der Waals surface area contributed by atoms with Crippen molar-refractivity contribution in [3.8, 4) is 0 Å². The summed E-state index contributed by atoms with van der Waals surface area (Å²) in [4.78, 5) is 35.4. The normalized spacial score (nSPS) is 16.5. The van der Waals surface area contributed by atoms with Crippen molar-refractivity contribution in [3.05, 3.63) is 58.4 Å². The zero-order valence-electron chi connectivity index (χ0n) is 19.0. The van der Waals surface area contributed by atoms with E-state index in [2.05, 4.69) is 15.2 Å². The number of piperidine rings is 1. The van der Waals surface area contributed by atoms with Crippen LogP contribution in [0.5, 0.6) is 0 Å². The van der Waals surface area contributed by atoms with Gasteiger partial charge in [-0.2, -0.15) is 0 Å². The zero-order valence-corrected chi connectivity index (χ0v) is 19.8. The highest BCUT2D eigenvalue weighted by Gasteiger charge is 2.26. The third-order valence-corrected chi connectivity index (χ3v) is 7.29. The summed E-state index contributed by atoms with van der Waals surface area (Å²) in [6.45, 7) is 6.22. The maximum atomic E-state index is 13.2. The van der Waals surface area contributed by atoms with Crippen LogP contribution >= 0.6 is 11.8 Å². The number of carbonyl (C=O) groups excluding carboxylic acids is 2.